The molecule has 1 unspecified atom stereocenters. The Labute approximate surface area is 152 Å². The van der Waals surface area contributed by atoms with E-state index >= 15 is 0 Å². The van der Waals surface area contributed by atoms with Crippen LogP contribution in [-0.2, 0) is 20.7 Å². The Hall–Kier alpha value is -3.33. The van der Waals surface area contributed by atoms with Crippen LogP contribution < -0.4 is 10.1 Å². The Balaban J connectivity index is 1.81. The number of nitrogens with zero attached hydrogens (tertiary/aromatic N) is 1. The average Bonchev–Trinajstić information content (AvgIpc) is 2.66. The van der Waals surface area contributed by atoms with E-state index in [9.17, 15) is 9.59 Å². The van der Waals surface area contributed by atoms with Crippen molar-refractivity contribution in [2.45, 2.75) is 25.9 Å². The lowest BCUT2D eigenvalue weighted by atomic mass is 10.1. The van der Waals surface area contributed by atoms with Crippen molar-refractivity contribution in [3.8, 4) is 11.8 Å². The van der Waals surface area contributed by atoms with Gasteiger partial charge in [-0.2, -0.15) is 5.26 Å². The number of ether oxygens (including phenoxy) is 2. The number of rotatable bonds is 7. The second-order valence-corrected chi connectivity index (χ2v) is 5.66. The molecule has 2 rings (SSSR count). The summed E-state index contributed by atoms with van der Waals surface area (Å²) in [6.45, 7) is 1.51. The number of benzene rings is 2. The molecule has 0 aliphatic heterocycles. The minimum Gasteiger partial charge on any atom is -0.497 e. The first kappa shape index (κ1) is 19.0. The molecule has 0 aliphatic carbocycles. The van der Waals surface area contributed by atoms with Gasteiger partial charge in [0, 0.05) is 12.1 Å². The van der Waals surface area contributed by atoms with Gasteiger partial charge in [-0.3, -0.25) is 9.59 Å². The lowest BCUT2D eigenvalue weighted by Gasteiger charge is -2.13. The van der Waals surface area contributed by atoms with E-state index in [2.05, 4.69) is 5.32 Å². The molecule has 0 radical (unpaired) electrons. The van der Waals surface area contributed by atoms with Gasteiger partial charge in [0.2, 0.25) is 0 Å². The molecule has 26 heavy (non-hydrogen) atoms. The maximum Gasteiger partial charge on any atom is 0.306 e. The van der Waals surface area contributed by atoms with E-state index in [1.165, 1.54) is 6.92 Å². The van der Waals surface area contributed by atoms with Crippen molar-refractivity contribution in [3.05, 3.63) is 59.7 Å². The number of nitriles is 1. The van der Waals surface area contributed by atoms with Gasteiger partial charge in [-0.15, -0.1) is 0 Å². The van der Waals surface area contributed by atoms with Gasteiger partial charge in [-0.1, -0.05) is 18.2 Å². The Morgan fingerprint density at radius 2 is 1.92 bits per heavy atom. The number of carbonyl (C=O) groups excluding carboxylic acids is 2. The number of anilines is 1. The molecule has 0 bridgehead atoms. The molecule has 1 N–H and O–H groups in total. The largest absolute Gasteiger partial charge is 0.497 e. The predicted octanol–water partition coefficient (Wildman–Crippen LogP) is 3.07. The summed E-state index contributed by atoms with van der Waals surface area (Å²) in [6.07, 6.45) is -0.237. The Bertz CT molecular complexity index is 809. The topological polar surface area (TPSA) is 88.4 Å². The number of hydrogen-bond acceptors (Lipinski definition) is 5. The second kappa shape index (κ2) is 9.23. The van der Waals surface area contributed by atoms with Crippen LogP contribution in [0.3, 0.4) is 0 Å². The number of hydrogen-bond donors (Lipinski definition) is 1. The molecular weight excluding hydrogens is 332 g/mol. The van der Waals surface area contributed by atoms with Crippen molar-refractivity contribution in [2.75, 3.05) is 12.4 Å². The van der Waals surface area contributed by atoms with Crippen molar-refractivity contribution >= 4 is 17.6 Å². The van der Waals surface area contributed by atoms with Gasteiger partial charge in [0.25, 0.3) is 5.91 Å². The van der Waals surface area contributed by atoms with Crippen LogP contribution >= 0.6 is 0 Å². The van der Waals surface area contributed by atoms with Crippen molar-refractivity contribution in [1.82, 2.24) is 0 Å². The average molecular weight is 352 g/mol. The summed E-state index contributed by atoms with van der Waals surface area (Å²) in [7, 11) is 1.59. The molecule has 0 saturated carbocycles. The van der Waals surface area contributed by atoms with Crippen LogP contribution in [0.4, 0.5) is 5.69 Å². The van der Waals surface area contributed by atoms with Gasteiger partial charge < -0.3 is 14.8 Å². The number of esters is 1. The zero-order chi connectivity index (χ0) is 18.9. The maximum absolute atomic E-state index is 12.1. The predicted molar refractivity (Wildman–Crippen MR) is 96.7 cm³/mol. The van der Waals surface area contributed by atoms with Gasteiger partial charge in [0.05, 0.1) is 18.7 Å². The highest BCUT2D eigenvalue weighted by atomic mass is 16.5. The van der Waals surface area contributed by atoms with Crippen molar-refractivity contribution in [1.29, 1.82) is 5.26 Å². The summed E-state index contributed by atoms with van der Waals surface area (Å²) in [4.78, 5) is 24.0. The molecule has 6 heteroatoms. The molecule has 0 spiro atoms. The molecule has 1 amide bonds. The lowest BCUT2D eigenvalue weighted by Crippen LogP contribution is -2.30. The first-order valence-electron chi connectivity index (χ1n) is 8.15. The van der Waals surface area contributed by atoms with Crippen molar-refractivity contribution in [2.24, 2.45) is 0 Å². The summed E-state index contributed by atoms with van der Waals surface area (Å²) < 4.78 is 10.3. The maximum atomic E-state index is 12.1. The third kappa shape index (κ3) is 5.64. The fourth-order valence-electron chi connectivity index (χ4n) is 2.26. The summed E-state index contributed by atoms with van der Waals surface area (Å²) in [5, 5.41) is 11.5. The van der Waals surface area contributed by atoms with Crippen molar-refractivity contribution < 1.29 is 19.1 Å². The van der Waals surface area contributed by atoms with Gasteiger partial charge in [-0.05, 0) is 49.2 Å². The zero-order valence-corrected chi connectivity index (χ0v) is 14.7. The SMILES string of the molecule is COc1ccc(CCC(=O)OC(C)C(=O)Nc2cccc(C#N)c2)cc1. The lowest BCUT2D eigenvalue weighted by molar-refractivity contribution is -0.153. The van der Waals surface area contributed by atoms with Crippen LogP contribution in [0.2, 0.25) is 0 Å². The van der Waals surface area contributed by atoms with Gasteiger partial charge in [-0.25, -0.2) is 0 Å². The third-order valence-electron chi connectivity index (χ3n) is 3.71. The van der Waals surface area contributed by atoms with E-state index in [0.29, 0.717) is 17.7 Å². The smallest absolute Gasteiger partial charge is 0.306 e. The normalized spacial score (nSPS) is 11.1. The molecule has 0 saturated heterocycles. The highest BCUT2D eigenvalue weighted by Crippen LogP contribution is 2.14. The fraction of sp³-hybridized carbons (Fsp3) is 0.250. The summed E-state index contributed by atoms with van der Waals surface area (Å²) >= 11 is 0. The van der Waals surface area contributed by atoms with Crippen LogP contribution in [-0.4, -0.2) is 25.1 Å². The molecule has 0 aromatic heterocycles. The first-order chi connectivity index (χ1) is 12.5. The monoisotopic (exact) mass is 352 g/mol. The Kier molecular flexibility index (Phi) is 6.75. The number of nitrogens with one attached hydrogen (secondary N) is 1. The number of aryl methyl sites for hydroxylation is 1. The third-order valence-corrected chi connectivity index (χ3v) is 3.71. The molecule has 2 aromatic rings. The molecule has 2 aromatic carbocycles. The second-order valence-electron chi connectivity index (χ2n) is 5.66. The van der Waals surface area contributed by atoms with Crippen LogP contribution in [0.1, 0.15) is 24.5 Å². The van der Waals surface area contributed by atoms with E-state index in [-0.39, 0.29) is 6.42 Å². The summed E-state index contributed by atoms with van der Waals surface area (Å²) in [6, 6.07) is 15.9. The van der Waals surface area contributed by atoms with E-state index in [0.717, 1.165) is 11.3 Å². The Morgan fingerprint density at radius 3 is 2.58 bits per heavy atom. The number of carbonyl (C=O) groups is 2. The summed E-state index contributed by atoms with van der Waals surface area (Å²) in [5.41, 5.74) is 1.90. The van der Waals surface area contributed by atoms with E-state index < -0.39 is 18.0 Å². The highest BCUT2D eigenvalue weighted by Gasteiger charge is 2.18. The molecule has 1 atom stereocenters. The van der Waals surface area contributed by atoms with Crippen LogP contribution in [0.5, 0.6) is 5.75 Å². The van der Waals surface area contributed by atoms with E-state index in [1.54, 1.807) is 31.4 Å². The molecule has 0 heterocycles. The van der Waals surface area contributed by atoms with Gasteiger partial charge >= 0.3 is 5.97 Å². The van der Waals surface area contributed by atoms with Gasteiger partial charge in [0.15, 0.2) is 6.10 Å². The number of methoxy groups -OCH3 is 1. The minimum atomic E-state index is -0.927. The summed E-state index contributed by atoms with van der Waals surface area (Å²) in [5.74, 6) is -0.144. The zero-order valence-electron chi connectivity index (χ0n) is 14.7. The quantitative estimate of drug-likeness (QED) is 0.774. The van der Waals surface area contributed by atoms with E-state index in [1.807, 2.05) is 30.3 Å². The van der Waals surface area contributed by atoms with Crippen LogP contribution in [0.15, 0.2) is 48.5 Å². The fourth-order valence-corrected chi connectivity index (χ4v) is 2.26. The van der Waals surface area contributed by atoms with Crippen molar-refractivity contribution in [3.63, 3.8) is 0 Å². The van der Waals surface area contributed by atoms with Crippen LogP contribution in [0.25, 0.3) is 0 Å². The first-order valence-corrected chi connectivity index (χ1v) is 8.15. The standard InChI is InChI=1S/C20H20N2O4/c1-14(20(24)22-17-5-3-4-16(12-17)13-21)26-19(23)11-8-15-6-9-18(25-2)10-7-15/h3-7,9-10,12,14H,8,11H2,1-2H3,(H,22,24). The minimum absolute atomic E-state index is 0.174. The molecule has 0 aliphatic rings. The molecule has 0 fully saturated rings. The van der Waals surface area contributed by atoms with E-state index in [4.69, 9.17) is 14.7 Å². The molecular formula is C20H20N2O4. The highest BCUT2D eigenvalue weighted by molar-refractivity contribution is 5.95. The van der Waals surface area contributed by atoms with Gasteiger partial charge in [0.1, 0.15) is 5.75 Å². The molecule has 134 valence electrons. The number of amides is 1. The molecule has 6 nitrogen and oxygen atoms in total. The Morgan fingerprint density at radius 1 is 1.19 bits per heavy atom. The van der Waals surface area contributed by atoms with Crippen LogP contribution in [0, 0.1) is 11.3 Å².